The SMILES string of the molecule is C.CC(C)NC(=O)[C@H]1CCC[C@H]1Nc1nc(Nc2ccc(C(=O)NCCN3CCOCC3)cc2)ncc1C(F)(F)F. The van der Waals surface area contributed by atoms with Crippen LogP contribution in [0.2, 0.25) is 0 Å². The van der Waals surface area contributed by atoms with Gasteiger partial charge in [0.15, 0.2) is 0 Å². The van der Waals surface area contributed by atoms with Crippen molar-refractivity contribution in [3.63, 3.8) is 0 Å². The normalized spacial score (nSPS) is 19.4. The molecule has 2 aromatic rings. The number of nitrogens with zero attached hydrogens (tertiary/aromatic N) is 3. The molecule has 2 aliphatic rings. The topological polar surface area (TPSA) is 121 Å². The van der Waals surface area contributed by atoms with Crippen LogP contribution in [0, 0.1) is 5.92 Å². The summed E-state index contributed by atoms with van der Waals surface area (Å²) in [5.74, 6) is -1.28. The van der Waals surface area contributed by atoms with Gasteiger partial charge in [-0.15, -0.1) is 0 Å². The van der Waals surface area contributed by atoms with Gasteiger partial charge >= 0.3 is 6.18 Å². The van der Waals surface area contributed by atoms with E-state index in [9.17, 15) is 22.8 Å². The van der Waals surface area contributed by atoms with Crippen LogP contribution in [0.1, 0.15) is 56.5 Å². The molecule has 4 N–H and O–H groups in total. The number of rotatable bonds is 10. The second-order valence-electron chi connectivity index (χ2n) is 10.3. The van der Waals surface area contributed by atoms with Crippen molar-refractivity contribution in [1.29, 1.82) is 0 Å². The van der Waals surface area contributed by atoms with Gasteiger partial charge in [0.1, 0.15) is 11.4 Å². The van der Waals surface area contributed by atoms with Crippen LogP contribution in [-0.4, -0.2) is 78.2 Å². The monoisotopic (exact) mass is 579 g/mol. The Balaban J connectivity index is 0.00000462. The van der Waals surface area contributed by atoms with Crippen LogP contribution < -0.4 is 21.3 Å². The molecule has 2 amide bonds. The van der Waals surface area contributed by atoms with Crippen molar-refractivity contribution in [2.75, 3.05) is 50.0 Å². The van der Waals surface area contributed by atoms with Gasteiger partial charge in [0.05, 0.1) is 19.1 Å². The number of aromatic nitrogens is 2. The average molecular weight is 580 g/mol. The molecule has 1 aromatic heterocycles. The molecule has 226 valence electrons. The fourth-order valence-electron chi connectivity index (χ4n) is 4.86. The highest BCUT2D eigenvalue weighted by molar-refractivity contribution is 5.94. The second-order valence-corrected chi connectivity index (χ2v) is 10.3. The Morgan fingerprint density at radius 3 is 2.49 bits per heavy atom. The number of carbonyl (C=O) groups is 2. The molecule has 1 saturated heterocycles. The van der Waals surface area contributed by atoms with Crippen LogP contribution in [0.15, 0.2) is 30.5 Å². The molecule has 1 aliphatic carbocycles. The molecule has 1 aliphatic heterocycles. The summed E-state index contributed by atoms with van der Waals surface area (Å²) in [6, 6.07) is 5.95. The van der Waals surface area contributed by atoms with Gasteiger partial charge in [-0.25, -0.2) is 4.98 Å². The number of carbonyl (C=O) groups excluding carboxylic acids is 2. The van der Waals surface area contributed by atoms with Crippen LogP contribution in [0.25, 0.3) is 0 Å². The fraction of sp³-hybridized carbons (Fsp3) is 0.571. The number of alkyl halides is 3. The van der Waals surface area contributed by atoms with Crippen LogP contribution >= 0.6 is 0 Å². The van der Waals surface area contributed by atoms with Crippen molar-refractivity contribution in [2.45, 2.75) is 58.8 Å². The Labute approximate surface area is 238 Å². The van der Waals surface area contributed by atoms with E-state index in [0.29, 0.717) is 43.9 Å². The summed E-state index contributed by atoms with van der Waals surface area (Å²) in [4.78, 5) is 35.3. The number of ether oxygens (including phenoxy) is 1. The first kappa shape index (κ1) is 32.1. The van der Waals surface area contributed by atoms with Gasteiger partial charge in [-0.2, -0.15) is 18.2 Å². The first-order valence-electron chi connectivity index (χ1n) is 13.6. The third-order valence-electron chi connectivity index (χ3n) is 6.92. The highest BCUT2D eigenvalue weighted by Gasteiger charge is 2.39. The van der Waals surface area contributed by atoms with Gasteiger partial charge in [0.2, 0.25) is 11.9 Å². The van der Waals surface area contributed by atoms with Crippen molar-refractivity contribution in [3.8, 4) is 0 Å². The van der Waals surface area contributed by atoms with Crippen LogP contribution in [-0.2, 0) is 15.7 Å². The van der Waals surface area contributed by atoms with E-state index >= 15 is 0 Å². The zero-order valence-electron chi connectivity index (χ0n) is 22.7. The minimum atomic E-state index is -4.67. The van der Waals surface area contributed by atoms with E-state index < -0.39 is 23.7 Å². The molecule has 2 heterocycles. The number of hydrogen-bond acceptors (Lipinski definition) is 8. The van der Waals surface area contributed by atoms with E-state index in [1.807, 2.05) is 13.8 Å². The summed E-state index contributed by atoms with van der Waals surface area (Å²) in [5, 5.41) is 11.5. The Bertz CT molecular complexity index is 1160. The maximum atomic E-state index is 13.8. The average Bonchev–Trinajstić information content (AvgIpc) is 3.37. The van der Waals surface area contributed by atoms with E-state index in [1.165, 1.54) is 0 Å². The second kappa shape index (κ2) is 14.4. The number of nitrogens with one attached hydrogen (secondary N) is 4. The summed E-state index contributed by atoms with van der Waals surface area (Å²) < 4.78 is 46.6. The van der Waals surface area contributed by atoms with E-state index in [-0.39, 0.29) is 37.0 Å². The predicted octanol–water partition coefficient (Wildman–Crippen LogP) is 4.04. The lowest BCUT2D eigenvalue weighted by Crippen LogP contribution is -2.41. The van der Waals surface area contributed by atoms with E-state index in [0.717, 1.165) is 32.3 Å². The van der Waals surface area contributed by atoms with Gasteiger partial charge in [0, 0.05) is 55.7 Å². The van der Waals surface area contributed by atoms with Crippen molar-refractivity contribution < 1.29 is 27.5 Å². The third kappa shape index (κ3) is 9.02. The molecule has 41 heavy (non-hydrogen) atoms. The molecule has 2 fully saturated rings. The highest BCUT2D eigenvalue weighted by atomic mass is 19.4. The minimum Gasteiger partial charge on any atom is -0.379 e. The van der Waals surface area contributed by atoms with E-state index in [4.69, 9.17) is 4.74 Å². The summed E-state index contributed by atoms with van der Waals surface area (Å²) in [6.45, 7) is 7.99. The molecular weight excluding hydrogens is 539 g/mol. The van der Waals surface area contributed by atoms with E-state index in [2.05, 4.69) is 36.1 Å². The van der Waals surface area contributed by atoms with Gasteiger partial charge in [-0.3, -0.25) is 14.5 Å². The number of hydrogen-bond donors (Lipinski definition) is 4. The lowest BCUT2D eigenvalue weighted by atomic mass is 10.0. The molecule has 0 unspecified atom stereocenters. The first-order valence-corrected chi connectivity index (χ1v) is 13.6. The van der Waals surface area contributed by atoms with Crippen molar-refractivity contribution >= 4 is 29.3 Å². The zero-order chi connectivity index (χ0) is 28.7. The maximum Gasteiger partial charge on any atom is 0.421 e. The summed E-state index contributed by atoms with van der Waals surface area (Å²) in [7, 11) is 0. The number of amides is 2. The fourth-order valence-corrected chi connectivity index (χ4v) is 4.86. The Kier molecular flexibility index (Phi) is 11.3. The lowest BCUT2D eigenvalue weighted by molar-refractivity contribution is -0.137. The van der Waals surface area contributed by atoms with Gasteiger partial charge in [-0.05, 0) is 51.0 Å². The molecule has 10 nitrogen and oxygen atoms in total. The Morgan fingerprint density at radius 2 is 1.83 bits per heavy atom. The number of benzene rings is 1. The molecule has 1 aromatic carbocycles. The molecule has 2 atom stereocenters. The number of anilines is 3. The van der Waals surface area contributed by atoms with Gasteiger partial charge < -0.3 is 26.0 Å². The first-order chi connectivity index (χ1) is 19.1. The molecule has 0 spiro atoms. The van der Waals surface area contributed by atoms with Crippen molar-refractivity contribution in [2.24, 2.45) is 5.92 Å². The quantitative estimate of drug-likeness (QED) is 0.333. The largest absolute Gasteiger partial charge is 0.421 e. The molecule has 0 radical (unpaired) electrons. The lowest BCUT2D eigenvalue weighted by Gasteiger charge is -2.26. The Hall–Kier alpha value is -3.45. The van der Waals surface area contributed by atoms with Gasteiger partial charge in [-0.1, -0.05) is 13.8 Å². The number of halogens is 3. The third-order valence-corrected chi connectivity index (χ3v) is 6.92. The highest BCUT2D eigenvalue weighted by Crippen LogP contribution is 2.36. The van der Waals surface area contributed by atoms with Gasteiger partial charge in [0.25, 0.3) is 5.91 Å². The molecule has 0 bridgehead atoms. The summed E-state index contributed by atoms with van der Waals surface area (Å²) in [6.07, 6.45) is -2.09. The number of morpholine rings is 1. The Morgan fingerprint density at radius 1 is 1.12 bits per heavy atom. The van der Waals surface area contributed by atoms with Crippen LogP contribution in [0.3, 0.4) is 0 Å². The molecule has 1 saturated carbocycles. The zero-order valence-corrected chi connectivity index (χ0v) is 22.7. The molecule has 4 rings (SSSR count). The predicted molar refractivity (Wildman–Crippen MR) is 151 cm³/mol. The summed E-state index contributed by atoms with van der Waals surface area (Å²) >= 11 is 0. The summed E-state index contributed by atoms with van der Waals surface area (Å²) in [5.41, 5.74) is -0.0436. The minimum absolute atomic E-state index is 0. The van der Waals surface area contributed by atoms with Crippen molar-refractivity contribution in [1.82, 2.24) is 25.5 Å². The molecule has 13 heteroatoms. The maximum absolute atomic E-state index is 13.8. The van der Waals surface area contributed by atoms with Crippen LogP contribution in [0.4, 0.5) is 30.6 Å². The van der Waals surface area contributed by atoms with Crippen molar-refractivity contribution in [3.05, 3.63) is 41.6 Å². The standard InChI is InChI=1S/C27H36F3N7O3.CH4/c1-17(2)33-25(39)20-4-3-5-22(20)35-23-21(27(28,29)30)16-32-26(36-23)34-19-8-6-18(7-9-19)24(38)31-10-11-37-12-14-40-15-13-37;/h6-9,16-17,20,22H,3-5,10-15H2,1-2H3,(H,31,38)(H,33,39)(H2,32,34,35,36);1H4/t20-,22+;/m0./s1. The molecular formula is C28H40F3N7O3. The smallest absolute Gasteiger partial charge is 0.379 e. The van der Waals surface area contributed by atoms with Crippen LogP contribution in [0.5, 0.6) is 0 Å². The van der Waals surface area contributed by atoms with E-state index in [1.54, 1.807) is 24.3 Å².